The van der Waals surface area contributed by atoms with Crippen molar-refractivity contribution in [1.82, 2.24) is 10.1 Å². The molecule has 0 unspecified atom stereocenters. The summed E-state index contributed by atoms with van der Waals surface area (Å²) >= 11 is 3.14. The number of hydrogen-bond donors (Lipinski definition) is 0. The van der Waals surface area contributed by atoms with Crippen LogP contribution in [0.15, 0.2) is 33.5 Å². The summed E-state index contributed by atoms with van der Waals surface area (Å²) in [5.74, 6) is 0.521. The van der Waals surface area contributed by atoms with Crippen LogP contribution >= 0.6 is 15.9 Å². The summed E-state index contributed by atoms with van der Waals surface area (Å²) in [7, 11) is 4.00. The zero-order chi connectivity index (χ0) is 10.8. The average Bonchev–Trinajstić information content (AvgIpc) is 2.65. The molecule has 2 rings (SSSR count). The minimum atomic E-state index is 0.467. The SMILES string of the molecule is CN(C)c1ccc(-c2nc(Br)no2)cc1. The Balaban J connectivity index is 2.31. The maximum atomic E-state index is 5.03. The first-order chi connectivity index (χ1) is 7.16. The average molecular weight is 268 g/mol. The highest BCUT2D eigenvalue weighted by Gasteiger charge is 2.06. The summed E-state index contributed by atoms with van der Waals surface area (Å²) in [4.78, 5) is 6.12. The van der Waals surface area contributed by atoms with Crippen LogP contribution in [0.25, 0.3) is 11.5 Å². The monoisotopic (exact) mass is 267 g/mol. The Kier molecular flexibility index (Phi) is 2.73. The predicted molar refractivity (Wildman–Crippen MR) is 61.8 cm³/mol. The van der Waals surface area contributed by atoms with Gasteiger partial charge in [-0.1, -0.05) is 0 Å². The number of rotatable bonds is 2. The van der Waals surface area contributed by atoms with Gasteiger partial charge in [0.25, 0.3) is 5.89 Å². The molecule has 0 atom stereocenters. The van der Waals surface area contributed by atoms with Gasteiger partial charge in [-0.15, -0.1) is 0 Å². The molecule has 0 N–H and O–H groups in total. The zero-order valence-corrected chi connectivity index (χ0v) is 10.0. The normalized spacial score (nSPS) is 10.3. The van der Waals surface area contributed by atoms with E-state index >= 15 is 0 Å². The number of aromatic nitrogens is 2. The molecule has 0 saturated heterocycles. The van der Waals surface area contributed by atoms with E-state index in [1.165, 1.54) is 0 Å². The summed E-state index contributed by atoms with van der Waals surface area (Å²) in [5, 5.41) is 3.67. The van der Waals surface area contributed by atoms with Gasteiger partial charge >= 0.3 is 0 Å². The van der Waals surface area contributed by atoms with E-state index in [1.54, 1.807) is 0 Å². The maximum absolute atomic E-state index is 5.03. The first-order valence-corrected chi connectivity index (χ1v) is 5.23. The predicted octanol–water partition coefficient (Wildman–Crippen LogP) is 2.57. The van der Waals surface area contributed by atoms with E-state index in [-0.39, 0.29) is 0 Å². The van der Waals surface area contributed by atoms with Crippen molar-refractivity contribution in [3.63, 3.8) is 0 Å². The molecule has 0 saturated carbocycles. The summed E-state index contributed by atoms with van der Waals surface area (Å²) in [5.41, 5.74) is 2.05. The van der Waals surface area contributed by atoms with E-state index in [9.17, 15) is 0 Å². The van der Waals surface area contributed by atoms with Crippen molar-refractivity contribution in [3.05, 3.63) is 29.0 Å². The van der Waals surface area contributed by atoms with Crippen LogP contribution < -0.4 is 4.90 Å². The largest absolute Gasteiger partial charge is 0.378 e. The van der Waals surface area contributed by atoms with Crippen molar-refractivity contribution < 1.29 is 4.52 Å². The molecule has 0 spiro atoms. The third-order valence-corrected chi connectivity index (χ3v) is 2.35. The molecule has 0 aliphatic carbocycles. The lowest BCUT2D eigenvalue weighted by molar-refractivity contribution is 0.426. The molecule has 0 fully saturated rings. The fraction of sp³-hybridized carbons (Fsp3) is 0.200. The molecule has 0 amide bonds. The van der Waals surface area contributed by atoms with Crippen molar-refractivity contribution >= 4 is 21.6 Å². The number of hydrogen-bond acceptors (Lipinski definition) is 4. The molecule has 0 aliphatic heterocycles. The summed E-state index contributed by atoms with van der Waals surface area (Å²) < 4.78 is 5.50. The number of halogens is 1. The van der Waals surface area contributed by atoms with E-state index in [4.69, 9.17) is 4.52 Å². The topological polar surface area (TPSA) is 42.2 Å². The van der Waals surface area contributed by atoms with Crippen LogP contribution in [0.3, 0.4) is 0 Å². The Hall–Kier alpha value is -1.36. The molecule has 0 radical (unpaired) electrons. The fourth-order valence-electron chi connectivity index (χ4n) is 1.22. The smallest absolute Gasteiger partial charge is 0.258 e. The molecule has 1 heterocycles. The van der Waals surface area contributed by atoms with Crippen molar-refractivity contribution in [2.24, 2.45) is 0 Å². The highest BCUT2D eigenvalue weighted by molar-refractivity contribution is 9.10. The van der Waals surface area contributed by atoms with Crippen LogP contribution in [-0.2, 0) is 0 Å². The lowest BCUT2D eigenvalue weighted by Gasteiger charge is -2.11. The molecule has 0 bridgehead atoms. The second-order valence-corrected chi connectivity index (χ2v) is 4.02. The van der Waals surface area contributed by atoms with Gasteiger partial charge < -0.3 is 9.42 Å². The minimum absolute atomic E-state index is 0.467. The Bertz CT molecular complexity index is 450. The molecule has 1 aromatic heterocycles. The standard InChI is InChI=1S/C10H10BrN3O/c1-14(2)8-5-3-7(4-6-8)9-12-10(11)13-15-9/h3-6H,1-2H3. The first kappa shape index (κ1) is 10.2. The zero-order valence-electron chi connectivity index (χ0n) is 8.44. The third-order valence-electron chi connectivity index (χ3n) is 2.03. The van der Waals surface area contributed by atoms with E-state index < -0.39 is 0 Å². The van der Waals surface area contributed by atoms with E-state index in [1.807, 2.05) is 43.3 Å². The molecule has 15 heavy (non-hydrogen) atoms. The Morgan fingerprint density at radius 2 is 1.87 bits per heavy atom. The second-order valence-electron chi connectivity index (χ2n) is 3.31. The Morgan fingerprint density at radius 1 is 1.20 bits per heavy atom. The van der Waals surface area contributed by atoms with Crippen molar-refractivity contribution in [2.45, 2.75) is 0 Å². The molecule has 0 aliphatic rings. The number of nitrogens with zero attached hydrogens (tertiary/aromatic N) is 3. The van der Waals surface area contributed by atoms with Crippen molar-refractivity contribution in [2.75, 3.05) is 19.0 Å². The molecular formula is C10H10BrN3O. The van der Waals surface area contributed by atoms with E-state index in [0.29, 0.717) is 10.6 Å². The van der Waals surface area contributed by atoms with Gasteiger partial charge in [-0.05, 0) is 45.4 Å². The van der Waals surface area contributed by atoms with Crippen LogP contribution in [0.5, 0.6) is 0 Å². The van der Waals surface area contributed by atoms with Crippen LogP contribution in [0, 0.1) is 0 Å². The highest BCUT2D eigenvalue weighted by Crippen LogP contribution is 2.21. The lowest BCUT2D eigenvalue weighted by atomic mass is 10.2. The van der Waals surface area contributed by atoms with Gasteiger partial charge in [0.05, 0.1) is 0 Å². The Labute approximate surface area is 96.0 Å². The minimum Gasteiger partial charge on any atom is -0.378 e. The van der Waals surface area contributed by atoms with Gasteiger partial charge in [0.1, 0.15) is 0 Å². The van der Waals surface area contributed by atoms with E-state index in [2.05, 4.69) is 26.1 Å². The second kappa shape index (κ2) is 4.02. The van der Waals surface area contributed by atoms with E-state index in [0.717, 1.165) is 11.3 Å². The molecule has 5 heteroatoms. The Morgan fingerprint density at radius 3 is 2.33 bits per heavy atom. The van der Waals surface area contributed by atoms with Crippen LogP contribution in [-0.4, -0.2) is 24.2 Å². The summed E-state index contributed by atoms with van der Waals surface area (Å²) in [6, 6.07) is 7.92. The van der Waals surface area contributed by atoms with Gasteiger partial charge in [0.2, 0.25) is 4.73 Å². The van der Waals surface area contributed by atoms with Gasteiger partial charge in [0, 0.05) is 25.3 Å². The van der Waals surface area contributed by atoms with Gasteiger partial charge in [-0.3, -0.25) is 0 Å². The number of benzene rings is 1. The van der Waals surface area contributed by atoms with Gasteiger partial charge in [-0.2, -0.15) is 4.98 Å². The molecule has 4 nitrogen and oxygen atoms in total. The molecule has 2 aromatic rings. The molecular weight excluding hydrogens is 258 g/mol. The van der Waals surface area contributed by atoms with Crippen LogP contribution in [0.1, 0.15) is 0 Å². The summed E-state index contributed by atoms with van der Waals surface area (Å²) in [6.45, 7) is 0. The van der Waals surface area contributed by atoms with Gasteiger partial charge in [-0.25, -0.2) is 0 Å². The molecule has 1 aromatic carbocycles. The quantitative estimate of drug-likeness (QED) is 0.839. The summed E-state index contributed by atoms with van der Waals surface area (Å²) in [6.07, 6.45) is 0. The highest BCUT2D eigenvalue weighted by atomic mass is 79.9. The first-order valence-electron chi connectivity index (χ1n) is 4.44. The van der Waals surface area contributed by atoms with Crippen molar-refractivity contribution in [3.8, 4) is 11.5 Å². The molecule has 78 valence electrons. The van der Waals surface area contributed by atoms with Crippen LogP contribution in [0.2, 0.25) is 0 Å². The third kappa shape index (κ3) is 2.18. The van der Waals surface area contributed by atoms with Crippen molar-refractivity contribution in [1.29, 1.82) is 0 Å². The fourth-order valence-corrected chi connectivity index (χ4v) is 1.46. The van der Waals surface area contributed by atoms with Crippen LogP contribution in [0.4, 0.5) is 5.69 Å². The number of anilines is 1. The maximum Gasteiger partial charge on any atom is 0.258 e. The van der Waals surface area contributed by atoms with Gasteiger partial charge in [0.15, 0.2) is 0 Å². The lowest BCUT2D eigenvalue weighted by Crippen LogP contribution is -2.07.